The first kappa shape index (κ1) is 15.3. The minimum absolute atomic E-state index is 0.00154. The number of rotatable bonds is 7. The molecule has 0 radical (unpaired) electrons. The summed E-state index contributed by atoms with van der Waals surface area (Å²) < 4.78 is 16.2. The van der Waals surface area contributed by atoms with Crippen molar-refractivity contribution in [3.63, 3.8) is 0 Å². The Morgan fingerprint density at radius 3 is 1.47 bits per heavy atom. The van der Waals surface area contributed by atoms with Crippen molar-refractivity contribution >= 4 is 8.38 Å². The molecular formula is C10H23O4P. The average Bonchev–Trinajstić information content (AvgIpc) is 1.99. The van der Waals surface area contributed by atoms with E-state index in [1.165, 1.54) is 0 Å². The van der Waals surface area contributed by atoms with E-state index >= 15 is 0 Å². The Kier molecular flexibility index (Phi) is 7.66. The van der Waals surface area contributed by atoms with Gasteiger partial charge in [0.1, 0.15) is 0 Å². The zero-order valence-corrected chi connectivity index (χ0v) is 11.3. The summed E-state index contributed by atoms with van der Waals surface area (Å²) in [5.74, 6) is 0. The Hall–Kier alpha value is 0.270. The van der Waals surface area contributed by atoms with E-state index in [0.29, 0.717) is 0 Å². The van der Waals surface area contributed by atoms with Crippen molar-refractivity contribution in [1.82, 2.24) is 0 Å². The molecule has 1 atom stereocenters. The van der Waals surface area contributed by atoms with E-state index in [2.05, 4.69) is 0 Å². The molecule has 0 saturated carbocycles. The van der Waals surface area contributed by atoms with Crippen LogP contribution in [0.2, 0.25) is 0 Å². The van der Waals surface area contributed by atoms with Crippen molar-refractivity contribution in [3.05, 3.63) is 0 Å². The Labute approximate surface area is 93.8 Å². The molecule has 0 aliphatic heterocycles. The van der Waals surface area contributed by atoms with E-state index in [9.17, 15) is 4.89 Å². The highest BCUT2D eigenvalue weighted by Crippen LogP contribution is 2.41. The van der Waals surface area contributed by atoms with Gasteiger partial charge < -0.3 is 18.9 Å². The first-order valence-electron chi connectivity index (χ1n) is 5.28. The van der Waals surface area contributed by atoms with Crippen molar-refractivity contribution in [2.45, 2.75) is 65.9 Å². The molecule has 0 rings (SSSR count). The molecule has 0 spiro atoms. The second-order valence-electron chi connectivity index (χ2n) is 4.13. The molecule has 15 heavy (non-hydrogen) atoms. The van der Waals surface area contributed by atoms with Gasteiger partial charge in [0.25, 0.3) is 0 Å². The molecule has 5 heteroatoms. The van der Waals surface area contributed by atoms with Gasteiger partial charge in [-0.05, 0) is 41.5 Å². The molecular weight excluding hydrogens is 215 g/mol. The van der Waals surface area contributed by atoms with Gasteiger partial charge in [-0.25, -0.2) is 0 Å². The molecule has 1 N–H and O–H groups in total. The van der Waals surface area contributed by atoms with Gasteiger partial charge in [-0.2, -0.15) is 0 Å². The maximum atomic E-state index is 9.77. The molecule has 0 aliphatic carbocycles. The molecule has 0 fully saturated rings. The van der Waals surface area contributed by atoms with Crippen molar-refractivity contribution < 1.29 is 18.9 Å². The molecule has 0 aromatic heterocycles. The highest BCUT2D eigenvalue weighted by molar-refractivity contribution is 7.46. The van der Waals surface area contributed by atoms with Crippen LogP contribution < -0.4 is 0 Å². The topological polar surface area (TPSA) is 47.9 Å². The van der Waals surface area contributed by atoms with Crippen LogP contribution in [0.15, 0.2) is 0 Å². The Morgan fingerprint density at radius 2 is 1.20 bits per heavy atom. The summed E-state index contributed by atoms with van der Waals surface area (Å²) in [7, 11) is -1.69. The van der Waals surface area contributed by atoms with Crippen molar-refractivity contribution in [1.29, 1.82) is 0 Å². The van der Waals surface area contributed by atoms with Crippen LogP contribution in [0.25, 0.3) is 0 Å². The van der Waals surface area contributed by atoms with Crippen LogP contribution >= 0.6 is 8.38 Å². The van der Waals surface area contributed by atoms with Gasteiger partial charge in [-0.15, -0.1) is 0 Å². The third-order valence-corrected chi connectivity index (χ3v) is 2.52. The summed E-state index contributed by atoms with van der Waals surface area (Å²) in [6.07, 6.45) is -0.0292. The van der Waals surface area contributed by atoms with Gasteiger partial charge >= 0.3 is 0 Å². The molecule has 0 heterocycles. The lowest BCUT2D eigenvalue weighted by Crippen LogP contribution is -2.24. The van der Waals surface area contributed by atoms with E-state index in [1.807, 2.05) is 41.5 Å². The van der Waals surface area contributed by atoms with E-state index < -0.39 is 14.4 Å². The Bertz CT molecular complexity index is 152. The van der Waals surface area contributed by atoms with Gasteiger partial charge in [-0.3, -0.25) is 0 Å². The largest absolute Gasteiger partial charge is 0.346 e. The van der Waals surface area contributed by atoms with Gasteiger partial charge in [0, 0.05) is 0 Å². The molecule has 0 bridgehead atoms. The zero-order valence-electron chi connectivity index (χ0n) is 10.4. The minimum atomic E-state index is -1.69. The fourth-order valence-corrected chi connectivity index (χ4v) is 2.09. The summed E-state index contributed by atoms with van der Waals surface area (Å²) in [4.78, 5) is 9.77. The average molecular weight is 238 g/mol. The lowest BCUT2D eigenvalue weighted by atomic mass is 10.5. The molecule has 92 valence electrons. The molecule has 0 saturated heterocycles. The normalized spacial score (nSPS) is 14.6. The smallest absolute Gasteiger partial charge is 0.229 e. The van der Waals surface area contributed by atoms with Crippen LogP contribution in [0.4, 0.5) is 0 Å². The quantitative estimate of drug-likeness (QED) is 0.547. The van der Waals surface area contributed by atoms with Gasteiger partial charge in [0.15, 0.2) is 0 Å². The van der Waals surface area contributed by atoms with E-state index in [-0.39, 0.29) is 18.3 Å². The SMILES string of the molecule is CC(C)OC(OC(C)C)P(O)OC(C)C. The maximum absolute atomic E-state index is 9.77. The maximum Gasteiger partial charge on any atom is 0.229 e. The Balaban J connectivity index is 4.20. The Morgan fingerprint density at radius 1 is 0.800 bits per heavy atom. The van der Waals surface area contributed by atoms with Crippen LogP contribution in [0.1, 0.15) is 41.5 Å². The van der Waals surface area contributed by atoms with Crippen LogP contribution in [0, 0.1) is 0 Å². The van der Waals surface area contributed by atoms with Gasteiger partial charge in [0.05, 0.1) is 18.3 Å². The first-order valence-corrected chi connectivity index (χ1v) is 6.56. The number of hydrogen-bond donors (Lipinski definition) is 1. The molecule has 0 amide bonds. The van der Waals surface area contributed by atoms with Crippen molar-refractivity contribution in [2.24, 2.45) is 0 Å². The highest BCUT2D eigenvalue weighted by Gasteiger charge is 2.25. The minimum Gasteiger partial charge on any atom is -0.346 e. The predicted octanol–water partition coefficient (Wildman–Crippen LogP) is 2.85. The lowest BCUT2D eigenvalue weighted by Gasteiger charge is -2.26. The fourth-order valence-electron chi connectivity index (χ4n) is 0.868. The molecule has 1 unspecified atom stereocenters. The third-order valence-electron chi connectivity index (χ3n) is 1.28. The van der Waals surface area contributed by atoms with Crippen LogP contribution in [-0.4, -0.2) is 29.2 Å². The van der Waals surface area contributed by atoms with E-state index in [0.717, 1.165) is 0 Å². The fraction of sp³-hybridized carbons (Fsp3) is 1.00. The zero-order chi connectivity index (χ0) is 12.0. The number of hydrogen-bond acceptors (Lipinski definition) is 4. The second-order valence-corrected chi connectivity index (χ2v) is 5.37. The van der Waals surface area contributed by atoms with Crippen LogP contribution in [0.3, 0.4) is 0 Å². The second kappa shape index (κ2) is 7.53. The highest BCUT2D eigenvalue weighted by atomic mass is 31.2. The predicted molar refractivity (Wildman–Crippen MR) is 61.6 cm³/mol. The van der Waals surface area contributed by atoms with Crippen molar-refractivity contribution in [3.8, 4) is 0 Å². The van der Waals surface area contributed by atoms with Crippen LogP contribution in [0.5, 0.6) is 0 Å². The van der Waals surface area contributed by atoms with Gasteiger partial charge in [0.2, 0.25) is 14.4 Å². The van der Waals surface area contributed by atoms with Gasteiger partial charge in [-0.1, -0.05) is 0 Å². The standard InChI is InChI=1S/C10H23O4P/c1-7(2)12-10(13-8(3)4)15(11)14-9(5)6/h7-11H,1-6H3. The molecule has 4 nitrogen and oxygen atoms in total. The summed E-state index contributed by atoms with van der Waals surface area (Å²) >= 11 is 0. The van der Waals surface area contributed by atoms with E-state index in [1.54, 1.807) is 0 Å². The summed E-state index contributed by atoms with van der Waals surface area (Å²) in [6, 6.07) is -0.664. The molecule has 0 aromatic rings. The molecule has 0 aromatic carbocycles. The monoisotopic (exact) mass is 238 g/mol. The summed E-state index contributed by atoms with van der Waals surface area (Å²) in [5, 5.41) is 0. The van der Waals surface area contributed by atoms with Crippen molar-refractivity contribution in [2.75, 3.05) is 0 Å². The summed E-state index contributed by atoms with van der Waals surface area (Å²) in [6.45, 7) is 11.3. The lowest BCUT2D eigenvalue weighted by molar-refractivity contribution is -0.139. The third kappa shape index (κ3) is 8.12. The number of ether oxygens (including phenoxy) is 2. The van der Waals surface area contributed by atoms with E-state index in [4.69, 9.17) is 14.0 Å². The summed E-state index contributed by atoms with van der Waals surface area (Å²) in [5.41, 5.74) is 0. The molecule has 0 aliphatic rings. The van der Waals surface area contributed by atoms with Crippen LogP contribution in [-0.2, 0) is 14.0 Å². The first-order chi connectivity index (χ1) is 6.82.